The molecule has 2 aliphatic rings. The number of piperidine rings is 1. The van der Waals surface area contributed by atoms with Crippen LogP contribution in [0.5, 0.6) is 0 Å². The van der Waals surface area contributed by atoms with Gasteiger partial charge in [-0.3, -0.25) is 4.79 Å². The molecule has 2 amide bonds. The second kappa shape index (κ2) is 4.76. The Morgan fingerprint density at radius 3 is 3.05 bits per heavy atom. The highest BCUT2D eigenvalue weighted by Crippen LogP contribution is 2.29. The van der Waals surface area contributed by atoms with Gasteiger partial charge < -0.3 is 19.9 Å². The lowest BCUT2D eigenvalue weighted by molar-refractivity contribution is -0.00497. The number of aromatic nitrogens is 1. The Bertz CT molecular complexity index is 754. The lowest BCUT2D eigenvalue weighted by Crippen LogP contribution is -2.52. The second-order valence-electron chi connectivity index (χ2n) is 6.00. The molecule has 6 nitrogen and oxygen atoms in total. The van der Waals surface area contributed by atoms with Gasteiger partial charge in [0.1, 0.15) is 5.60 Å². The Balaban J connectivity index is 1.62. The summed E-state index contributed by atoms with van der Waals surface area (Å²) in [7, 11) is 0. The predicted molar refractivity (Wildman–Crippen MR) is 80.7 cm³/mol. The molecule has 114 valence electrons. The van der Waals surface area contributed by atoms with Crippen LogP contribution in [0.2, 0.25) is 0 Å². The van der Waals surface area contributed by atoms with Gasteiger partial charge in [0.15, 0.2) is 0 Å². The van der Waals surface area contributed by atoms with Crippen molar-refractivity contribution >= 4 is 22.9 Å². The number of para-hydroxylation sites is 1. The van der Waals surface area contributed by atoms with Gasteiger partial charge in [0.2, 0.25) is 0 Å². The van der Waals surface area contributed by atoms with Gasteiger partial charge in [-0.15, -0.1) is 0 Å². The molecule has 0 aliphatic carbocycles. The molecule has 2 aromatic rings. The van der Waals surface area contributed by atoms with Crippen LogP contribution in [0.3, 0.4) is 0 Å². The molecule has 0 saturated carbocycles. The van der Waals surface area contributed by atoms with Crippen molar-refractivity contribution in [1.29, 1.82) is 0 Å². The van der Waals surface area contributed by atoms with Crippen molar-refractivity contribution < 1.29 is 14.3 Å². The summed E-state index contributed by atoms with van der Waals surface area (Å²) in [6.45, 7) is 1.61. The fraction of sp³-hybridized carbons (Fsp3) is 0.375. The van der Waals surface area contributed by atoms with E-state index in [4.69, 9.17) is 4.74 Å². The average Bonchev–Trinajstić information content (AvgIpc) is 3.13. The van der Waals surface area contributed by atoms with E-state index < -0.39 is 5.60 Å². The minimum atomic E-state index is -0.561. The number of benzene rings is 1. The molecule has 2 aliphatic heterocycles. The van der Waals surface area contributed by atoms with Crippen LogP contribution >= 0.6 is 0 Å². The van der Waals surface area contributed by atoms with Crippen molar-refractivity contribution in [2.24, 2.45) is 0 Å². The highest BCUT2D eigenvalue weighted by molar-refractivity contribution is 6.05. The number of ether oxygens (including phenoxy) is 1. The third kappa shape index (κ3) is 2.03. The molecule has 0 unspecified atom stereocenters. The van der Waals surface area contributed by atoms with E-state index >= 15 is 0 Å². The molecular formula is C16H17N3O3. The standard InChI is InChI=1S/C16H17N3O3/c20-14(12-4-1-3-11-5-7-17-13(11)12)19-8-2-6-16(10-19)9-18-15(21)22-16/h1,3-5,7,17H,2,6,8-10H2,(H,18,21)/t16-/m0/s1. The van der Waals surface area contributed by atoms with Gasteiger partial charge in [-0.05, 0) is 25.0 Å². The van der Waals surface area contributed by atoms with Crippen molar-refractivity contribution in [3.8, 4) is 0 Å². The molecule has 3 heterocycles. The zero-order valence-electron chi connectivity index (χ0n) is 12.1. The van der Waals surface area contributed by atoms with Crippen LogP contribution in [0.4, 0.5) is 4.79 Å². The molecule has 22 heavy (non-hydrogen) atoms. The summed E-state index contributed by atoms with van der Waals surface area (Å²) in [6.07, 6.45) is 3.08. The highest BCUT2D eigenvalue weighted by atomic mass is 16.6. The van der Waals surface area contributed by atoms with Gasteiger partial charge in [-0.25, -0.2) is 4.79 Å². The highest BCUT2D eigenvalue weighted by Gasteiger charge is 2.45. The number of carbonyl (C=O) groups excluding carboxylic acids is 2. The molecule has 2 saturated heterocycles. The zero-order chi connectivity index (χ0) is 15.2. The maximum atomic E-state index is 12.9. The number of nitrogens with one attached hydrogen (secondary N) is 2. The molecule has 2 N–H and O–H groups in total. The number of hydrogen-bond acceptors (Lipinski definition) is 3. The van der Waals surface area contributed by atoms with E-state index in [1.54, 1.807) is 4.90 Å². The Morgan fingerprint density at radius 1 is 1.32 bits per heavy atom. The molecule has 2 fully saturated rings. The summed E-state index contributed by atoms with van der Waals surface area (Å²) in [5, 5.41) is 3.72. The van der Waals surface area contributed by atoms with Crippen molar-refractivity contribution in [2.45, 2.75) is 18.4 Å². The normalized spacial score (nSPS) is 24.5. The minimum Gasteiger partial charge on any atom is -0.439 e. The third-order valence-electron chi connectivity index (χ3n) is 4.51. The number of amides is 2. The quantitative estimate of drug-likeness (QED) is 0.844. The number of nitrogens with zero attached hydrogens (tertiary/aromatic N) is 1. The Hall–Kier alpha value is -2.50. The van der Waals surface area contributed by atoms with E-state index in [0.717, 1.165) is 23.7 Å². The van der Waals surface area contributed by atoms with Crippen LogP contribution in [0, 0.1) is 0 Å². The fourth-order valence-electron chi connectivity index (χ4n) is 3.43. The Labute approximate surface area is 127 Å². The second-order valence-corrected chi connectivity index (χ2v) is 6.00. The molecule has 1 aromatic carbocycles. The topological polar surface area (TPSA) is 74.4 Å². The first-order valence-electron chi connectivity index (χ1n) is 7.49. The Kier molecular flexibility index (Phi) is 2.85. The summed E-state index contributed by atoms with van der Waals surface area (Å²) in [6, 6.07) is 7.65. The van der Waals surface area contributed by atoms with Crippen molar-refractivity contribution in [3.63, 3.8) is 0 Å². The number of aromatic amines is 1. The van der Waals surface area contributed by atoms with Crippen LogP contribution in [0.1, 0.15) is 23.2 Å². The van der Waals surface area contributed by atoms with Gasteiger partial charge in [-0.2, -0.15) is 0 Å². The number of likely N-dealkylation sites (tertiary alicyclic amines) is 1. The van der Waals surface area contributed by atoms with Gasteiger partial charge in [0.05, 0.1) is 24.2 Å². The van der Waals surface area contributed by atoms with Crippen molar-refractivity contribution in [1.82, 2.24) is 15.2 Å². The molecule has 1 spiro atoms. The van der Waals surface area contributed by atoms with E-state index in [9.17, 15) is 9.59 Å². The van der Waals surface area contributed by atoms with Gasteiger partial charge >= 0.3 is 6.09 Å². The molecule has 4 rings (SSSR count). The first-order chi connectivity index (χ1) is 10.7. The summed E-state index contributed by atoms with van der Waals surface area (Å²) < 4.78 is 5.43. The van der Waals surface area contributed by atoms with Crippen molar-refractivity contribution in [3.05, 3.63) is 36.0 Å². The summed E-state index contributed by atoms with van der Waals surface area (Å²) in [5.41, 5.74) is 0.958. The number of alkyl carbamates (subject to hydrolysis) is 1. The molecular weight excluding hydrogens is 282 g/mol. The van der Waals surface area contributed by atoms with E-state index in [1.807, 2.05) is 30.5 Å². The summed E-state index contributed by atoms with van der Waals surface area (Å²) in [5.74, 6) is -0.0185. The van der Waals surface area contributed by atoms with Crippen LogP contribution < -0.4 is 5.32 Å². The number of hydrogen-bond donors (Lipinski definition) is 2. The molecule has 0 radical (unpaired) electrons. The van der Waals surface area contributed by atoms with Gasteiger partial charge in [-0.1, -0.05) is 12.1 Å². The van der Waals surface area contributed by atoms with E-state index in [-0.39, 0.29) is 12.0 Å². The monoisotopic (exact) mass is 299 g/mol. The number of rotatable bonds is 1. The van der Waals surface area contributed by atoms with E-state index in [2.05, 4.69) is 10.3 Å². The summed E-state index contributed by atoms with van der Waals surface area (Å²) >= 11 is 0. The largest absolute Gasteiger partial charge is 0.439 e. The van der Waals surface area contributed by atoms with Crippen LogP contribution in [0.15, 0.2) is 30.5 Å². The maximum absolute atomic E-state index is 12.9. The lowest BCUT2D eigenvalue weighted by Gasteiger charge is -2.38. The molecule has 6 heteroatoms. The number of H-pyrrole nitrogens is 1. The maximum Gasteiger partial charge on any atom is 0.407 e. The van der Waals surface area contributed by atoms with Gasteiger partial charge in [0, 0.05) is 18.1 Å². The fourth-order valence-corrected chi connectivity index (χ4v) is 3.43. The SMILES string of the molecule is O=C1NC[C@]2(CCCN(C(=O)c3cccc4cc[nH]c34)C2)O1. The molecule has 0 bridgehead atoms. The van der Waals surface area contributed by atoms with Crippen LogP contribution in [-0.4, -0.2) is 47.1 Å². The first kappa shape index (κ1) is 13.2. The predicted octanol–water partition coefficient (Wildman–Crippen LogP) is 1.88. The van der Waals surface area contributed by atoms with Gasteiger partial charge in [0.25, 0.3) is 5.91 Å². The van der Waals surface area contributed by atoms with Crippen LogP contribution in [-0.2, 0) is 4.74 Å². The Morgan fingerprint density at radius 2 is 2.23 bits per heavy atom. The third-order valence-corrected chi connectivity index (χ3v) is 4.51. The van der Waals surface area contributed by atoms with Crippen LogP contribution in [0.25, 0.3) is 10.9 Å². The number of fused-ring (bicyclic) bond motifs is 1. The average molecular weight is 299 g/mol. The first-order valence-corrected chi connectivity index (χ1v) is 7.49. The van der Waals surface area contributed by atoms with Crippen molar-refractivity contribution in [2.75, 3.05) is 19.6 Å². The summed E-state index contributed by atoms with van der Waals surface area (Å²) in [4.78, 5) is 29.2. The molecule has 1 aromatic heterocycles. The lowest BCUT2D eigenvalue weighted by atomic mass is 9.92. The van der Waals surface area contributed by atoms with E-state index in [1.165, 1.54) is 0 Å². The zero-order valence-corrected chi connectivity index (χ0v) is 12.1. The smallest absolute Gasteiger partial charge is 0.407 e. The number of carbonyl (C=O) groups is 2. The van der Waals surface area contributed by atoms with E-state index in [0.29, 0.717) is 25.2 Å². The molecule has 1 atom stereocenters. The minimum absolute atomic E-state index is 0.0185.